The Balaban J connectivity index is 1.65. The summed E-state index contributed by atoms with van der Waals surface area (Å²) < 4.78 is 4.72. The monoisotopic (exact) mass is 401 g/mol. The number of carbonyl (C=O) groups excluding carboxylic acids is 5. The molecular weight excluding hydrogens is 378 g/mol. The molecule has 1 aromatic rings. The number of carbonyl (C=O) groups is 5. The SMILES string of the molecule is COC(=O)C1CCN(C(=O)CN2C(=O)C(=O)N(C(C)c3ccccc3)C2=O)CC1. The average Bonchev–Trinajstić information content (AvgIpc) is 2.96. The van der Waals surface area contributed by atoms with Crippen molar-refractivity contribution >= 4 is 29.7 Å². The Morgan fingerprint density at radius 2 is 1.69 bits per heavy atom. The summed E-state index contributed by atoms with van der Waals surface area (Å²) in [6, 6.07) is 7.45. The second kappa shape index (κ2) is 8.42. The van der Waals surface area contributed by atoms with E-state index in [2.05, 4.69) is 0 Å². The second-order valence-electron chi connectivity index (χ2n) is 7.11. The number of likely N-dealkylation sites (tertiary alicyclic amines) is 1. The Morgan fingerprint density at radius 1 is 1.07 bits per heavy atom. The number of piperidine rings is 1. The van der Waals surface area contributed by atoms with Gasteiger partial charge in [0, 0.05) is 13.1 Å². The third-order valence-corrected chi connectivity index (χ3v) is 5.43. The summed E-state index contributed by atoms with van der Waals surface area (Å²) in [6.07, 6.45) is 0.910. The van der Waals surface area contributed by atoms with Gasteiger partial charge in [-0.05, 0) is 25.3 Å². The van der Waals surface area contributed by atoms with E-state index in [1.54, 1.807) is 31.2 Å². The topological polar surface area (TPSA) is 104 Å². The van der Waals surface area contributed by atoms with Crippen LogP contribution < -0.4 is 0 Å². The Morgan fingerprint density at radius 3 is 2.28 bits per heavy atom. The van der Waals surface area contributed by atoms with Crippen molar-refractivity contribution in [1.82, 2.24) is 14.7 Å². The molecule has 9 nitrogen and oxygen atoms in total. The minimum Gasteiger partial charge on any atom is -0.469 e. The van der Waals surface area contributed by atoms with Gasteiger partial charge >= 0.3 is 23.8 Å². The molecule has 2 aliphatic rings. The van der Waals surface area contributed by atoms with Crippen molar-refractivity contribution in [3.8, 4) is 0 Å². The van der Waals surface area contributed by atoms with E-state index < -0.39 is 36.3 Å². The largest absolute Gasteiger partial charge is 0.469 e. The molecule has 29 heavy (non-hydrogen) atoms. The highest BCUT2D eigenvalue weighted by Gasteiger charge is 2.48. The molecule has 0 spiro atoms. The zero-order valence-electron chi connectivity index (χ0n) is 16.4. The number of imide groups is 2. The van der Waals surface area contributed by atoms with Gasteiger partial charge in [0.15, 0.2) is 0 Å². The Kier molecular flexibility index (Phi) is 5.95. The highest BCUT2D eigenvalue weighted by molar-refractivity contribution is 6.45. The molecule has 154 valence electrons. The van der Waals surface area contributed by atoms with Crippen molar-refractivity contribution in [2.45, 2.75) is 25.8 Å². The number of hydrogen-bond donors (Lipinski definition) is 0. The van der Waals surface area contributed by atoms with E-state index in [-0.39, 0.29) is 11.9 Å². The van der Waals surface area contributed by atoms with Crippen molar-refractivity contribution < 1.29 is 28.7 Å². The molecule has 5 amide bonds. The van der Waals surface area contributed by atoms with E-state index in [1.807, 2.05) is 6.07 Å². The van der Waals surface area contributed by atoms with E-state index in [1.165, 1.54) is 12.0 Å². The fraction of sp³-hybridized carbons (Fsp3) is 0.450. The standard InChI is InChI=1S/C20H23N3O6/c1-13(14-6-4-3-5-7-14)23-18(26)17(25)22(20(23)28)12-16(24)21-10-8-15(9-11-21)19(27)29-2/h3-7,13,15H,8-12H2,1-2H3. The Labute approximate surface area is 168 Å². The molecule has 2 aliphatic heterocycles. The Bertz CT molecular complexity index is 832. The van der Waals surface area contributed by atoms with E-state index in [0.29, 0.717) is 36.4 Å². The molecule has 1 unspecified atom stereocenters. The van der Waals surface area contributed by atoms with Crippen LogP contribution in [0.15, 0.2) is 30.3 Å². The average molecular weight is 401 g/mol. The van der Waals surface area contributed by atoms with Crippen molar-refractivity contribution in [2.75, 3.05) is 26.7 Å². The van der Waals surface area contributed by atoms with Gasteiger partial charge in [0.05, 0.1) is 19.1 Å². The quantitative estimate of drug-likeness (QED) is 0.413. The van der Waals surface area contributed by atoms with Gasteiger partial charge in [-0.3, -0.25) is 19.2 Å². The summed E-state index contributed by atoms with van der Waals surface area (Å²) in [5, 5.41) is 0. The second-order valence-corrected chi connectivity index (χ2v) is 7.11. The fourth-order valence-corrected chi connectivity index (χ4v) is 3.65. The lowest BCUT2D eigenvalue weighted by Gasteiger charge is -2.31. The van der Waals surface area contributed by atoms with Gasteiger partial charge in [-0.15, -0.1) is 0 Å². The third-order valence-electron chi connectivity index (χ3n) is 5.43. The third kappa shape index (κ3) is 3.98. The van der Waals surface area contributed by atoms with Crippen molar-refractivity contribution in [3.05, 3.63) is 35.9 Å². The number of esters is 1. The number of hydrogen-bond acceptors (Lipinski definition) is 6. The summed E-state index contributed by atoms with van der Waals surface area (Å²) in [5.41, 5.74) is 0.708. The minimum atomic E-state index is -1.00. The molecule has 2 saturated heterocycles. The van der Waals surface area contributed by atoms with Crippen LogP contribution in [-0.2, 0) is 23.9 Å². The number of ether oxygens (including phenoxy) is 1. The maximum atomic E-state index is 12.7. The van der Waals surface area contributed by atoms with Gasteiger partial charge in [-0.2, -0.15) is 0 Å². The molecule has 0 bridgehead atoms. The van der Waals surface area contributed by atoms with Crippen molar-refractivity contribution in [2.24, 2.45) is 5.92 Å². The molecule has 0 N–H and O–H groups in total. The van der Waals surface area contributed by atoms with Crippen molar-refractivity contribution in [1.29, 1.82) is 0 Å². The molecular formula is C20H23N3O6. The fourth-order valence-electron chi connectivity index (χ4n) is 3.65. The first kappa shape index (κ1) is 20.5. The minimum absolute atomic E-state index is 0.261. The van der Waals surface area contributed by atoms with Crippen LogP contribution in [0.1, 0.15) is 31.4 Å². The highest BCUT2D eigenvalue weighted by atomic mass is 16.5. The number of methoxy groups -OCH3 is 1. The zero-order valence-corrected chi connectivity index (χ0v) is 16.4. The molecule has 0 radical (unpaired) electrons. The van der Waals surface area contributed by atoms with Crippen LogP contribution in [0.25, 0.3) is 0 Å². The van der Waals surface area contributed by atoms with E-state index in [4.69, 9.17) is 4.74 Å². The summed E-state index contributed by atoms with van der Waals surface area (Å²) in [4.78, 5) is 64.7. The number of benzene rings is 1. The van der Waals surface area contributed by atoms with Crippen LogP contribution in [-0.4, -0.2) is 71.2 Å². The van der Waals surface area contributed by atoms with E-state index in [9.17, 15) is 24.0 Å². The van der Waals surface area contributed by atoms with Crippen LogP contribution in [0, 0.1) is 5.92 Å². The molecule has 3 rings (SSSR count). The number of nitrogens with zero attached hydrogens (tertiary/aromatic N) is 3. The summed E-state index contributed by atoms with van der Waals surface area (Å²) >= 11 is 0. The van der Waals surface area contributed by atoms with Crippen LogP contribution in [0.4, 0.5) is 4.79 Å². The predicted octanol–water partition coefficient (Wildman–Crippen LogP) is 0.950. The van der Waals surface area contributed by atoms with Gasteiger partial charge in [-0.25, -0.2) is 14.6 Å². The van der Waals surface area contributed by atoms with Gasteiger partial charge in [0.2, 0.25) is 5.91 Å². The lowest BCUT2D eigenvalue weighted by atomic mass is 9.97. The normalized spacial score (nSPS) is 19.0. The molecule has 0 aromatic heterocycles. The molecule has 2 fully saturated rings. The van der Waals surface area contributed by atoms with Crippen molar-refractivity contribution in [3.63, 3.8) is 0 Å². The predicted molar refractivity (Wildman–Crippen MR) is 100 cm³/mol. The number of rotatable bonds is 5. The van der Waals surface area contributed by atoms with Crippen LogP contribution in [0.2, 0.25) is 0 Å². The smallest absolute Gasteiger partial charge is 0.335 e. The highest BCUT2D eigenvalue weighted by Crippen LogP contribution is 2.26. The van der Waals surface area contributed by atoms with Gasteiger partial charge < -0.3 is 9.64 Å². The molecule has 0 aliphatic carbocycles. The molecule has 2 heterocycles. The molecule has 1 atom stereocenters. The van der Waals surface area contributed by atoms with E-state index >= 15 is 0 Å². The summed E-state index contributed by atoms with van der Waals surface area (Å²) in [7, 11) is 1.32. The van der Waals surface area contributed by atoms with Crippen LogP contribution in [0.3, 0.4) is 0 Å². The summed E-state index contributed by atoms with van der Waals surface area (Å²) in [6.45, 7) is 1.81. The first-order valence-corrected chi connectivity index (χ1v) is 9.44. The zero-order chi connectivity index (χ0) is 21.1. The van der Waals surface area contributed by atoms with Gasteiger partial charge in [0.1, 0.15) is 6.54 Å². The maximum Gasteiger partial charge on any atom is 0.335 e. The van der Waals surface area contributed by atoms with E-state index in [0.717, 1.165) is 4.90 Å². The van der Waals surface area contributed by atoms with Crippen LogP contribution in [0.5, 0.6) is 0 Å². The molecule has 9 heteroatoms. The molecule has 0 saturated carbocycles. The Hall–Kier alpha value is -3.23. The van der Waals surface area contributed by atoms with Crippen LogP contribution >= 0.6 is 0 Å². The lowest BCUT2D eigenvalue weighted by Crippen LogP contribution is -2.47. The number of urea groups is 1. The number of amides is 5. The first-order chi connectivity index (χ1) is 13.8. The first-order valence-electron chi connectivity index (χ1n) is 9.44. The molecule has 1 aromatic carbocycles. The lowest BCUT2D eigenvalue weighted by molar-refractivity contribution is -0.149. The summed E-state index contributed by atoms with van der Waals surface area (Å²) in [5.74, 6) is -2.95. The van der Waals surface area contributed by atoms with Gasteiger partial charge in [0.25, 0.3) is 0 Å². The maximum absolute atomic E-state index is 12.7. The van der Waals surface area contributed by atoms with Gasteiger partial charge in [-0.1, -0.05) is 30.3 Å².